The first-order valence-corrected chi connectivity index (χ1v) is 10.9. The molecule has 0 aromatic rings. The second kappa shape index (κ2) is 8.33. The highest BCUT2D eigenvalue weighted by Gasteiger charge is 2.41. The van der Waals surface area contributed by atoms with Crippen LogP contribution >= 0.6 is 0 Å². The van der Waals surface area contributed by atoms with E-state index in [4.69, 9.17) is 10.5 Å². The summed E-state index contributed by atoms with van der Waals surface area (Å²) < 4.78 is 31.6. The molecular formula is C17H33N3O4S. The van der Waals surface area contributed by atoms with Crippen molar-refractivity contribution in [3.05, 3.63) is 0 Å². The normalized spacial score (nSPS) is 29.2. The highest BCUT2D eigenvalue weighted by Crippen LogP contribution is 2.33. The van der Waals surface area contributed by atoms with Crippen molar-refractivity contribution in [2.24, 2.45) is 11.7 Å². The van der Waals surface area contributed by atoms with Crippen LogP contribution in [0.25, 0.3) is 0 Å². The Morgan fingerprint density at radius 1 is 1.24 bits per heavy atom. The fourth-order valence-corrected chi connectivity index (χ4v) is 4.97. The van der Waals surface area contributed by atoms with Gasteiger partial charge in [0, 0.05) is 31.7 Å². The van der Waals surface area contributed by atoms with Gasteiger partial charge in [0.15, 0.2) is 0 Å². The third-order valence-electron chi connectivity index (χ3n) is 5.29. The number of carbonyl (C=O) groups is 1. The van der Waals surface area contributed by atoms with Crippen LogP contribution in [-0.4, -0.2) is 73.7 Å². The highest BCUT2D eigenvalue weighted by molar-refractivity contribution is 7.89. The molecule has 0 spiro atoms. The lowest BCUT2D eigenvalue weighted by molar-refractivity contribution is -0.140. The molecule has 0 aromatic heterocycles. The molecule has 1 heterocycles. The van der Waals surface area contributed by atoms with E-state index in [1.54, 1.807) is 4.90 Å². The molecule has 1 aliphatic carbocycles. The third-order valence-corrected chi connectivity index (χ3v) is 7.12. The molecule has 146 valence electrons. The zero-order valence-corrected chi connectivity index (χ0v) is 16.6. The molecule has 0 bridgehead atoms. The summed E-state index contributed by atoms with van der Waals surface area (Å²) in [7, 11) is -3.33. The first kappa shape index (κ1) is 20.6. The van der Waals surface area contributed by atoms with Gasteiger partial charge in [-0.3, -0.25) is 4.79 Å². The fraction of sp³-hybridized carbons (Fsp3) is 0.941. The summed E-state index contributed by atoms with van der Waals surface area (Å²) in [6, 6.07) is 0. The predicted molar refractivity (Wildman–Crippen MR) is 97.6 cm³/mol. The molecule has 2 aliphatic rings. The van der Waals surface area contributed by atoms with E-state index < -0.39 is 15.6 Å². The van der Waals surface area contributed by atoms with Gasteiger partial charge in [0.05, 0.1) is 24.4 Å². The molecule has 1 amide bonds. The van der Waals surface area contributed by atoms with Crippen LogP contribution in [0.3, 0.4) is 0 Å². The molecule has 8 heteroatoms. The molecule has 25 heavy (non-hydrogen) atoms. The number of amides is 1. The lowest BCUT2D eigenvalue weighted by Gasteiger charge is -2.42. The Bertz CT molecular complexity index is 554. The van der Waals surface area contributed by atoms with Gasteiger partial charge >= 0.3 is 0 Å². The van der Waals surface area contributed by atoms with Gasteiger partial charge in [0.1, 0.15) is 0 Å². The van der Waals surface area contributed by atoms with Crippen molar-refractivity contribution in [2.75, 3.05) is 38.5 Å². The molecule has 1 saturated heterocycles. The SMILES string of the molecule is CC(C)OCCS(=O)(=O)N1CCN(C(=O)C2CCCCC2(C)N)CC1. The van der Waals surface area contributed by atoms with Crippen molar-refractivity contribution in [1.29, 1.82) is 0 Å². The third kappa shape index (κ3) is 5.39. The van der Waals surface area contributed by atoms with Crippen molar-refractivity contribution in [2.45, 2.75) is 58.1 Å². The molecule has 1 aliphatic heterocycles. The van der Waals surface area contributed by atoms with E-state index in [1.807, 2.05) is 20.8 Å². The summed E-state index contributed by atoms with van der Waals surface area (Å²) >= 11 is 0. The monoisotopic (exact) mass is 375 g/mol. The number of nitrogens with zero attached hydrogens (tertiary/aromatic N) is 2. The van der Waals surface area contributed by atoms with E-state index in [9.17, 15) is 13.2 Å². The topological polar surface area (TPSA) is 92.9 Å². The van der Waals surface area contributed by atoms with Gasteiger partial charge in [-0.15, -0.1) is 0 Å². The van der Waals surface area contributed by atoms with E-state index in [0.717, 1.165) is 25.7 Å². The van der Waals surface area contributed by atoms with Crippen LogP contribution in [0.2, 0.25) is 0 Å². The van der Waals surface area contributed by atoms with Crippen LogP contribution in [-0.2, 0) is 19.6 Å². The molecule has 2 atom stereocenters. The second-order valence-electron chi connectivity index (χ2n) is 7.76. The summed E-state index contributed by atoms with van der Waals surface area (Å²) in [5.74, 6) is -0.0726. The zero-order valence-electron chi connectivity index (χ0n) is 15.7. The number of nitrogens with two attached hydrogens (primary N) is 1. The van der Waals surface area contributed by atoms with E-state index in [0.29, 0.717) is 26.2 Å². The van der Waals surface area contributed by atoms with Crippen LogP contribution in [0.5, 0.6) is 0 Å². The van der Waals surface area contributed by atoms with Crippen molar-refractivity contribution < 1.29 is 17.9 Å². The maximum absolute atomic E-state index is 12.8. The van der Waals surface area contributed by atoms with Gasteiger partial charge in [0.2, 0.25) is 15.9 Å². The van der Waals surface area contributed by atoms with Gasteiger partial charge in [0.25, 0.3) is 0 Å². The molecule has 0 aromatic carbocycles. The van der Waals surface area contributed by atoms with Gasteiger partial charge < -0.3 is 15.4 Å². The Morgan fingerprint density at radius 2 is 1.88 bits per heavy atom. The van der Waals surface area contributed by atoms with Crippen molar-refractivity contribution >= 4 is 15.9 Å². The number of hydrogen-bond donors (Lipinski definition) is 1. The van der Waals surface area contributed by atoms with E-state index in [-0.39, 0.29) is 30.3 Å². The molecule has 2 N–H and O–H groups in total. The Labute approximate surface area is 151 Å². The number of piperazine rings is 1. The summed E-state index contributed by atoms with van der Waals surface area (Å²) in [5.41, 5.74) is 5.89. The van der Waals surface area contributed by atoms with Gasteiger partial charge in [-0.1, -0.05) is 12.8 Å². The first-order chi connectivity index (χ1) is 11.6. The molecule has 1 saturated carbocycles. The summed E-state index contributed by atoms with van der Waals surface area (Å²) in [4.78, 5) is 14.6. The minimum Gasteiger partial charge on any atom is -0.378 e. The Balaban J connectivity index is 1.87. The molecule has 2 fully saturated rings. The lowest BCUT2D eigenvalue weighted by atomic mass is 9.74. The Kier molecular flexibility index (Phi) is 6.87. The smallest absolute Gasteiger partial charge is 0.227 e. The van der Waals surface area contributed by atoms with Crippen LogP contribution in [0, 0.1) is 5.92 Å². The molecule has 0 radical (unpaired) electrons. The second-order valence-corrected chi connectivity index (χ2v) is 9.85. The summed E-state index contributed by atoms with van der Waals surface area (Å²) in [6.07, 6.45) is 3.82. The average molecular weight is 376 g/mol. The average Bonchev–Trinajstić information content (AvgIpc) is 2.53. The van der Waals surface area contributed by atoms with Crippen LogP contribution in [0.4, 0.5) is 0 Å². The number of rotatable bonds is 6. The predicted octanol–water partition coefficient (Wildman–Crippen LogP) is 0.793. The number of hydrogen-bond acceptors (Lipinski definition) is 5. The summed E-state index contributed by atoms with van der Waals surface area (Å²) in [6.45, 7) is 7.51. The van der Waals surface area contributed by atoms with E-state index >= 15 is 0 Å². The van der Waals surface area contributed by atoms with Crippen molar-refractivity contribution in [1.82, 2.24) is 9.21 Å². The lowest BCUT2D eigenvalue weighted by Crippen LogP contribution is -2.58. The number of sulfonamides is 1. The Morgan fingerprint density at radius 3 is 2.44 bits per heavy atom. The Hall–Kier alpha value is -0.700. The van der Waals surface area contributed by atoms with E-state index in [2.05, 4.69) is 0 Å². The van der Waals surface area contributed by atoms with Gasteiger partial charge in [-0.05, 0) is 33.6 Å². The largest absolute Gasteiger partial charge is 0.378 e. The minimum absolute atomic E-state index is 0.0113. The highest BCUT2D eigenvalue weighted by atomic mass is 32.2. The van der Waals surface area contributed by atoms with Gasteiger partial charge in [-0.25, -0.2) is 8.42 Å². The minimum atomic E-state index is -3.33. The first-order valence-electron chi connectivity index (χ1n) is 9.30. The van der Waals surface area contributed by atoms with E-state index in [1.165, 1.54) is 4.31 Å². The number of carbonyl (C=O) groups excluding carboxylic acids is 1. The quantitative estimate of drug-likeness (QED) is 0.741. The van der Waals surface area contributed by atoms with Crippen LogP contribution < -0.4 is 5.73 Å². The molecule has 2 unspecified atom stereocenters. The van der Waals surface area contributed by atoms with Crippen molar-refractivity contribution in [3.8, 4) is 0 Å². The molecule has 7 nitrogen and oxygen atoms in total. The maximum atomic E-state index is 12.8. The van der Waals surface area contributed by atoms with Crippen LogP contribution in [0.15, 0.2) is 0 Å². The molecule has 2 rings (SSSR count). The van der Waals surface area contributed by atoms with Gasteiger partial charge in [-0.2, -0.15) is 4.31 Å². The summed E-state index contributed by atoms with van der Waals surface area (Å²) in [5, 5.41) is 0. The fourth-order valence-electron chi connectivity index (χ4n) is 3.69. The maximum Gasteiger partial charge on any atom is 0.227 e. The zero-order chi connectivity index (χ0) is 18.7. The molecular weight excluding hydrogens is 342 g/mol. The standard InChI is InChI=1S/C17H33N3O4S/c1-14(2)24-12-13-25(22,23)20-10-8-19(9-11-20)16(21)15-6-4-5-7-17(15,3)18/h14-15H,4-13,18H2,1-3H3. The van der Waals surface area contributed by atoms with Crippen molar-refractivity contribution in [3.63, 3.8) is 0 Å². The number of ether oxygens (including phenoxy) is 1. The van der Waals surface area contributed by atoms with Crippen LogP contribution in [0.1, 0.15) is 46.5 Å².